The van der Waals surface area contributed by atoms with Crippen molar-refractivity contribution >= 4 is 11.6 Å². The summed E-state index contributed by atoms with van der Waals surface area (Å²) < 4.78 is 26.8. The quantitative estimate of drug-likeness (QED) is 0.818. The van der Waals surface area contributed by atoms with Gasteiger partial charge in [0.2, 0.25) is 0 Å². The van der Waals surface area contributed by atoms with E-state index in [0.717, 1.165) is 0 Å². The predicted molar refractivity (Wildman–Crippen MR) is 73.2 cm³/mol. The minimum absolute atomic E-state index is 0.210. The Balaban J connectivity index is 1.84. The van der Waals surface area contributed by atoms with Crippen molar-refractivity contribution in [3.8, 4) is 0 Å². The first-order valence-corrected chi connectivity index (χ1v) is 6.42. The van der Waals surface area contributed by atoms with Crippen molar-refractivity contribution in [1.82, 2.24) is 5.32 Å². The van der Waals surface area contributed by atoms with Crippen molar-refractivity contribution < 1.29 is 8.78 Å². The van der Waals surface area contributed by atoms with E-state index < -0.39 is 0 Å². The average molecular weight is 282 g/mol. The van der Waals surface area contributed by atoms with Gasteiger partial charge in [-0.1, -0.05) is 29.8 Å². The zero-order chi connectivity index (χ0) is 13.7. The van der Waals surface area contributed by atoms with Crippen molar-refractivity contribution in [3.63, 3.8) is 0 Å². The van der Waals surface area contributed by atoms with E-state index in [9.17, 15) is 8.78 Å². The molecule has 0 saturated carbocycles. The van der Waals surface area contributed by atoms with Crippen molar-refractivity contribution in [2.75, 3.05) is 6.54 Å². The summed E-state index contributed by atoms with van der Waals surface area (Å²) in [6.45, 7) is 0.952. The van der Waals surface area contributed by atoms with Crippen molar-refractivity contribution in [1.29, 1.82) is 0 Å². The number of hydrogen-bond donors (Lipinski definition) is 1. The Labute approximate surface area is 116 Å². The zero-order valence-electron chi connectivity index (χ0n) is 10.3. The number of halogens is 3. The van der Waals surface area contributed by atoms with Gasteiger partial charge in [0.25, 0.3) is 0 Å². The van der Waals surface area contributed by atoms with Crippen LogP contribution in [0.5, 0.6) is 0 Å². The highest BCUT2D eigenvalue weighted by molar-refractivity contribution is 6.30. The number of benzene rings is 2. The molecule has 0 atom stereocenters. The van der Waals surface area contributed by atoms with Crippen LogP contribution < -0.4 is 5.32 Å². The Morgan fingerprint density at radius 2 is 1.68 bits per heavy atom. The van der Waals surface area contributed by atoms with Crippen LogP contribution in [0.15, 0.2) is 42.5 Å². The van der Waals surface area contributed by atoms with Crippen LogP contribution in [0, 0.1) is 11.6 Å². The number of hydrogen-bond acceptors (Lipinski definition) is 1. The molecule has 0 unspecified atom stereocenters. The van der Waals surface area contributed by atoms with Crippen LogP contribution in [0.2, 0.25) is 5.02 Å². The van der Waals surface area contributed by atoms with Crippen LogP contribution in [-0.4, -0.2) is 6.54 Å². The molecule has 0 spiro atoms. The van der Waals surface area contributed by atoms with E-state index >= 15 is 0 Å². The maximum Gasteiger partial charge on any atom is 0.127 e. The summed E-state index contributed by atoms with van der Waals surface area (Å²) in [6, 6.07) is 11.1. The molecule has 0 aliphatic heterocycles. The smallest absolute Gasteiger partial charge is 0.127 e. The Bertz CT molecular complexity index is 558. The predicted octanol–water partition coefficient (Wildman–Crippen LogP) is 3.95. The van der Waals surface area contributed by atoms with Gasteiger partial charge in [-0.2, -0.15) is 0 Å². The summed E-state index contributed by atoms with van der Waals surface area (Å²) >= 11 is 5.80. The molecular formula is C15H14ClF2N. The molecule has 0 bridgehead atoms. The van der Waals surface area contributed by atoms with E-state index in [0.29, 0.717) is 35.7 Å². The summed E-state index contributed by atoms with van der Waals surface area (Å²) in [6.07, 6.45) is 0.564. The zero-order valence-corrected chi connectivity index (χ0v) is 11.1. The normalized spacial score (nSPS) is 10.7. The Kier molecular flexibility index (Phi) is 4.88. The molecule has 100 valence electrons. The van der Waals surface area contributed by atoms with Gasteiger partial charge in [-0.15, -0.1) is 0 Å². The number of nitrogens with one attached hydrogen (secondary N) is 1. The first kappa shape index (κ1) is 14.0. The van der Waals surface area contributed by atoms with Crippen LogP contribution >= 0.6 is 11.6 Å². The lowest BCUT2D eigenvalue weighted by Gasteiger charge is -2.07. The van der Waals surface area contributed by atoms with Gasteiger partial charge in [0.05, 0.1) is 0 Å². The molecule has 0 radical (unpaired) electrons. The van der Waals surface area contributed by atoms with Crippen LogP contribution in [0.4, 0.5) is 8.78 Å². The molecule has 0 amide bonds. The second kappa shape index (κ2) is 6.64. The lowest BCUT2D eigenvalue weighted by molar-refractivity contribution is 0.578. The molecule has 0 aromatic heterocycles. The SMILES string of the molecule is Fc1ccccc1CCNCc1cc(Cl)ccc1F. The van der Waals surface area contributed by atoms with Crippen molar-refractivity contribution in [2.24, 2.45) is 0 Å². The summed E-state index contributed by atoms with van der Waals surface area (Å²) in [5, 5.41) is 3.59. The van der Waals surface area contributed by atoms with Gasteiger partial charge in [0, 0.05) is 17.1 Å². The van der Waals surface area contributed by atoms with Gasteiger partial charge in [-0.3, -0.25) is 0 Å². The molecule has 4 heteroatoms. The third kappa shape index (κ3) is 4.01. The Hall–Kier alpha value is -1.45. The van der Waals surface area contributed by atoms with Gasteiger partial charge >= 0.3 is 0 Å². The minimum Gasteiger partial charge on any atom is -0.312 e. The van der Waals surface area contributed by atoms with E-state index in [1.807, 2.05) is 0 Å². The molecule has 0 saturated heterocycles. The maximum atomic E-state index is 13.4. The summed E-state index contributed by atoms with van der Waals surface area (Å²) in [4.78, 5) is 0. The van der Waals surface area contributed by atoms with Crippen LogP contribution in [0.25, 0.3) is 0 Å². The van der Waals surface area contributed by atoms with E-state index in [1.165, 1.54) is 18.2 Å². The molecule has 2 aromatic carbocycles. The summed E-state index contributed by atoms with van der Waals surface area (Å²) in [7, 11) is 0. The molecule has 1 nitrogen and oxygen atoms in total. The van der Waals surface area contributed by atoms with Gasteiger partial charge in [-0.05, 0) is 42.8 Å². The molecule has 2 rings (SSSR count). The monoisotopic (exact) mass is 281 g/mol. The van der Waals surface area contributed by atoms with E-state index in [1.54, 1.807) is 24.3 Å². The molecular weight excluding hydrogens is 268 g/mol. The van der Waals surface area contributed by atoms with Gasteiger partial charge in [0.1, 0.15) is 11.6 Å². The highest BCUT2D eigenvalue weighted by atomic mass is 35.5. The van der Waals surface area contributed by atoms with Gasteiger partial charge in [-0.25, -0.2) is 8.78 Å². The highest BCUT2D eigenvalue weighted by Gasteiger charge is 2.03. The average Bonchev–Trinajstić information content (AvgIpc) is 2.40. The largest absolute Gasteiger partial charge is 0.312 e. The molecule has 2 aromatic rings. The van der Waals surface area contributed by atoms with Crippen LogP contribution in [0.3, 0.4) is 0 Å². The Morgan fingerprint density at radius 1 is 0.947 bits per heavy atom. The first-order valence-electron chi connectivity index (χ1n) is 6.05. The lowest BCUT2D eigenvalue weighted by Crippen LogP contribution is -2.17. The van der Waals surface area contributed by atoms with E-state index in [-0.39, 0.29) is 11.6 Å². The standard InChI is InChI=1S/C15H14ClF2N/c16-13-5-6-15(18)12(9-13)10-19-8-7-11-3-1-2-4-14(11)17/h1-6,9,19H,7-8,10H2. The number of rotatable bonds is 5. The van der Waals surface area contributed by atoms with Crippen LogP contribution in [0.1, 0.15) is 11.1 Å². The third-order valence-electron chi connectivity index (χ3n) is 2.85. The fourth-order valence-electron chi connectivity index (χ4n) is 1.83. The molecule has 0 fully saturated rings. The van der Waals surface area contributed by atoms with Gasteiger partial charge in [0.15, 0.2) is 0 Å². The second-order valence-corrected chi connectivity index (χ2v) is 4.69. The van der Waals surface area contributed by atoms with E-state index in [4.69, 9.17) is 11.6 Å². The van der Waals surface area contributed by atoms with Crippen molar-refractivity contribution in [2.45, 2.75) is 13.0 Å². The third-order valence-corrected chi connectivity index (χ3v) is 3.09. The maximum absolute atomic E-state index is 13.4. The first-order chi connectivity index (χ1) is 9.16. The van der Waals surface area contributed by atoms with E-state index in [2.05, 4.69) is 5.32 Å². The second-order valence-electron chi connectivity index (χ2n) is 4.25. The molecule has 1 N–H and O–H groups in total. The lowest BCUT2D eigenvalue weighted by atomic mass is 10.1. The molecule has 0 heterocycles. The Morgan fingerprint density at radius 3 is 2.47 bits per heavy atom. The minimum atomic E-state index is -0.289. The fraction of sp³-hybridized carbons (Fsp3) is 0.200. The topological polar surface area (TPSA) is 12.0 Å². The molecule has 19 heavy (non-hydrogen) atoms. The molecule has 0 aliphatic carbocycles. The van der Waals surface area contributed by atoms with Gasteiger partial charge < -0.3 is 5.32 Å². The van der Waals surface area contributed by atoms with Crippen LogP contribution in [-0.2, 0) is 13.0 Å². The highest BCUT2D eigenvalue weighted by Crippen LogP contribution is 2.14. The fourth-order valence-corrected chi connectivity index (χ4v) is 2.02. The summed E-state index contributed by atoms with van der Waals surface area (Å²) in [5.41, 5.74) is 1.17. The molecule has 0 aliphatic rings. The summed E-state index contributed by atoms with van der Waals surface area (Å²) in [5.74, 6) is -0.499. The van der Waals surface area contributed by atoms with Crippen molar-refractivity contribution in [3.05, 3.63) is 70.2 Å².